The van der Waals surface area contributed by atoms with Crippen LogP contribution in [0, 0.1) is 0 Å². The fraction of sp³-hybridized carbons (Fsp3) is 0.647. The first kappa shape index (κ1) is 16.7. The topological polar surface area (TPSA) is 43.4 Å². The highest BCUT2D eigenvalue weighted by Gasteiger charge is 2.13. The number of rotatable bonds is 10. The molecule has 0 bridgehead atoms. The van der Waals surface area contributed by atoms with Crippen LogP contribution in [0.3, 0.4) is 0 Å². The number of allylic oxidation sites excluding steroid dienone is 4. The number of Topliss-reactive ketones (excluding diaryl/α,β-unsaturated/α-hetero) is 1. The molecule has 112 valence electrons. The van der Waals surface area contributed by atoms with Crippen LogP contribution in [0.25, 0.3) is 0 Å². The van der Waals surface area contributed by atoms with Gasteiger partial charge in [0.25, 0.3) is 0 Å². The van der Waals surface area contributed by atoms with E-state index in [9.17, 15) is 9.59 Å². The monoisotopic (exact) mass is 278 g/mol. The van der Waals surface area contributed by atoms with Gasteiger partial charge in [0, 0.05) is 12.8 Å². The number of carbonyl (C=O) groups excluding carboxylic acids is 2. The van der Waals surface area contributed by atoms with Crippen molar-refractivity contribution in [3.8, 4) is 0 Å². The highest BCUT2D eigenvalue weighted by Crippen LogP contribution is 2.19. The molecule has 0 atom stereocenters. The smallest absolute Gasteiger partial charge is 0.306 e. The summed E-state index contributed by atoms with van der Waals surface area (Å²) in [4.78, 5) is 22.7. The molecule has 1 aliphatic rings. The van der Waals surface area contributed by atoms with Gasteiger partial charge in [0.1, 0.15) is 0 Å². The molecule has 0 spiro atoms. The maximum Gasteiger partial charge on any atom is 0.306 e. The number of hydrogen-bond donors (Lipinski definition) is 0. The summed E-state index contributed by atoms with van der Waals surface area (Å²) in [7, 11) is 0. The number of ketones is 1. The highest BCUT2D eigenvalue weighted by atomic mass is 16.5. The van der Waals surface area contributed by atoms with E-state index in [1.807, 2.05) is 6.08 Å². The lowest BCUT2D eigenvalue weighted by molar-refractivity contribution is -0.143. The van der Waals surface area contributed by atoms with Gasteiger partial charge in [-0.2, -0.15) is 0 Å². The molecular formula is C17H26O3. The maximum absolute atomic E-state index is 11.4. The van der Waals surface area contributed by atoms with Gasteiger partial charge in [0.2, 0.25) is 0 Å². The van der Waals surface area contributed by atoms with E-state index in [0.717, 1.165) is 50.5 Å². The molecule has 0 aliphatic heterocycles. The van der Waals surface area contributed by atoms with E-state index in [1.54, 1.807) is 0 Å². The van der Waals surface area contributed by atoms with Gasteiger partial charge in [-0.25, -0.2) is 0 Å². The highest BCUT2D eigenvalue weighted by molar-refractivity contribution is 5.97. The summed E-state index contributed by atoms with van der Waals surface area (Å²) < 4.78 is 5.07. The Labute approximate surface area is 122 Å². The third-order valence-electron chi connectivity index (χ3n) is 3.38. The Morgan fingerprint density at radius 3 is 2.80 bits per heavy atom. The van der Waals surface area contributed by atoms with Crippen molar-refractivity contribution in [1.82, 2.24) is 0 Å². The molecule has 3 nitrogen and oxygen atoms in total. The Bertz CT molecular complexity index is 366. The maximum atomic E-state index is 11.4. The van der Waals surface area contributed by atoms with Crippen molar-refractivity contribution in [1.29, 1.82) is 0 Å². The van der Waals surface area contributed by atoms with Gasteiger partial charge in [-0.1, -0.05) is 31.6 Å². The zero-order valence-electron chi connectivity index (χ0n) is 12.5. The lowest BCUT2D eigenvalue weighted by Gasteiger charge is -2.01. The molecule has 3 heteroatoms. The molecule has 20 heavy (non-hydrogen) atoms. The Kier molecular flexibility index (Phi) is 8.68. The predicted octanol–water partition coefficient (Wildman–Crippen LogP) is 4.13. The Morgan fingerprint density at radius 2 is 2.10 bits per heavy atom. The summed E-state index contributed by atoms with van der Waals surface area (Å²) in [5.74, 6) is 0.216. The lowest BCUT2D eigenvalue weighted by atomic mass is 10.1. The molecule has 1 aliphatic carbocycles. The third kappa shape index (κ3) is 7.27. The second-order valence-corrected chi connectivity index (χ2v) is 5.17. The molecule has 0 radical (unpaired) electrons. The molecule has 0 unspecified atom stereocenters. The van der Waals surface area contributed by atoms with Crippen LogP contribution in [0.5, 0.6) is 0 Å². The summed E-state index contributed by atoms with van der Waals surface area (Å²) in [6.07, 6.45) is 13.9. The number of ether oxygens (including phenoxy) is 1. The van der Waals surface area contributed by atoms with E-state index in [0.29, 0.717) is 25.2 Å². The van der Waals surface area contributed by atoms with Crippen molar-refractivity contribution < 1.29 is 14.3 Å². The first-order chi connectivity index (χ1) is 9.74. The van der Waals surface area contributed by atoms with Crippen molar-refractivity contribution in [2.75, 3.05) is 6.61 Å². The van der Waals surface area contributed by atoms with E-state index in [-0.39, 0.29) is 5.97 Å². The summed E-state index contributed by atoms with van der Waals surface area (Å²) in [5, 5.41) is 0. The van der Waals surface area contributed by atoms with Gasteiger partial charge in [-0.15, -0.1) is 0 Å². The van der Waals surface area contributed by atoms with E-state index in [4.69, 9.17) is 4.74 Å². The van der Waals surface area contributed by atoms with Crippen molar-refractivity contribution in [2.24, 2.45) is 0 Å². The second-order valence-electron chi connectivity index (χ2n) is 5.17. The fourth-order valence-corrected chi connectivity index (χ4v) is 2.14. The SMILES string of the molecule is CCCCOC(=O)CCC=CCCCC1=CCCC1=O. The summed E-state index contributed by atoms with van der Waals surface area (Å²) in [5.41, 5.74) is 1.01. The first-order valence-corrected chi connectivity index (χ1v) is 7.77. The van der Waals surface area contributed by atoms with E-state index in [1.165, 1.54) is 0 Å². The molecule has 0 saturated heterocycles. The van der Waals surface area contributed by atoms with Crippen LogP contribution in [0.2, 0.25) is 0 Å². The Balaban J connectivity index is 1.97. The molecule has 0 fully saturated rings. The zero-order chi connectivity index (χ0) is 14.6. The van der Waals surface area contributed by atoms with Crippen LogP contribution in [-0.2, 0) is 14.3 Å². The third-order valence-corrected chi connectivity index (χ3v) is 3.38. The number of unbranched alkanes of at least 4 members (excludes halogenated alkanes) is 2. The van der Waals surface area contributed by atoms with Gasteiger partial charge in [0.15, 0.2) is 5.78 Å². The molecule has 0 N–H and O–H groups in total. The van der Waals surface area contributed by atoms with Crippen molar-refractivity contribution in [2.45, 2.75) is 64.7 Å². The van der Waals surface area contributed by atoms with Gasteiger partial charge in [-0.3, -0.25) is 9.59 Å². The van der Waals surface area contributed by atoms with Gasteiger partial charge in [-0.05, 0) is 44.1 Å². The van der Waals surface area contributed by atoms with Gasteiger partial charge in [0.05, 0.1) is 6.61 Å². The van der Waals surface area contributed by atoms with E-state index >= 15 is 0 Å². The second kappa shape index (κ2) is 10.4. The van der Waals surface area contributed by atoms with Crippen LogP contribution in [0.4, 0.5) is 0 Å². The van der Waals surface area contributed by atoms with Crippen LogP contribution in [0.1, 0.15) is 64.7 Å². The summed E-state index contributed by atoms with van der Waals surface area (Å²) in [6.45, 7) is 2.62. The molecule has 0 saturated carbocycles. The summed E-state index contributed by atoms with van der Waals surface area (Å²) >= 11 is 0. The standard InChI is InChI=1S/C17H26O3/c1-2-3-14-20-17(19)13-8-6-4-5-7-10-15-11-9-12-16(15)18/h4,6,11H,2-3,5,7-10,12-14H2,1H3. The van der Waals surface area contributed by atoms with E-state index < -0.39 is 0 Å². The largest absolute Gasteiger partial charge is 0.466 e. The molecule has 0 aromatic heterocycles. The molecule has 0 aromatic rings. The normalized spacial score (nSPS) is 14.8. The number of esters is 1. The summed E-state index contributed by atoms with van der Waals surface area (Å²) in [6, 6.07) is 0. The van der Waals surface area contributed by atoms with Crippen LogP contribution in [0.15, 0.2) is 23.8 Å². The molecule has 0 aromatic carbocycles. The average Bonchev–Trinajstić information content (AvgIpc) is 2.83. The van der Waals surface area contributed by atoms with E-state index in [2.05, 4.69) is 19.1 Å². The van der Waals surface area contributed by atoms with Crippen LogP contribution < -0.4 is 0 Å². The van der Waals surface area contributed by atoms with Gasteiger partial charge >= 0.3 is 5.97 Å². The van der Waals surface area contributed by atoms with Crippen molar-refractivity contribution >= 4 is 11.8 Å². The number of carbonyl (C=O) groups is 2. The molecule has 0 heterocycles. The molecule has 0 amide bonds. The Hall–Kier alpha value is -1.38. The average molecular weight is 278 g/mol. The van der Waals surface area contributed by atoms with Gasteiger partial charge < -0.3 is 4.74 Å². The van der Waals surface area contributed by atoms with Crippen molar-refractivity contribution in [3.63, 3.8) is 0 Å². The minimum atomic E-state index is -0.107. The quantitative estimate of drug-likeness (QED) is 0.343. The predicted molar refractivity (Wildman–Crippen MR) is 80.4 cm³/mol. The molecule has 1 rings (SSSR count). The van der Waals surface area contributed by atoms with Crippen LogP contribution >= 0.6 is 0 Å². The number of hydrogen-bond acceptors (Lipinski definition) is 3. The lowest BCUT2D eigenvalue weighted by Crippen LogP contribution is -2.04. The Morgan fingerprint density at radius 1 is 1.30 bits per heavy atom. The minimum absolute atomic E-state index is 0.107. The fourth-order valence-electron chi connectivity index (χ4n) is 2.14. The first-order valence-electron chi connectivity index (χ1n) is 7.77. The van der Waals surface area contributed by atoms with Crippen LogP contribution in [-0.4, -0.2) is 18.4 Å². The minimum Gasteiger partial charge on any atom is -0.466 e. The zero-order valence-corrected chi connectivity index (χ0v) is 12.5. The molecular weight excluding hydrogens is 252 g/mol. The van der Waals surface area contributed by atoms with Crippen molar-refractivity contribution in [3.05, 3.63) is 23.8 Å².